The van der Waals surface area contributed by atoms with E-state index in [1.165, 1.54) is 16.2 Å². The Balaban J connectivity index is 1.55. The van der Waals surface area contributed by atoms with Crippen LogP contribution in [0.25, 0.3) is 0 Å². The maximum Gasteiger partial charge on any atom is 0.417 e. The number of esters is 1. The van der Waals surface area contributed by atoms with Gasteiger partial charge in [-0.2, -0.15) is 13.2 Å². The standard InChI is InChI=1S/C18H15ClF3N3O4S/c19-11-7-10(18(20,21)22)8-23-15(11)24-14(26)9-29-17(28)12-3-1-5-25(12)16(27)13-4-2-6-30-13/h2,4,6-8,12H,1,3,5,9H2,(H,23,24,26)/t12-/m1/s1. The van der Waals surface area contributed by atoms with Crippen LogP contribution in [0.2, 0.25) is 5.02 Å². The molecule has 160 valence electrons. The van der Waals surface area contributed by atoms with Crippen molar-refractivity contribution >= 4 is 46.5 Å². The van der Waals surface area contributed by atoms with E-state index in [1.807, 2.05) is 0 Å². The first-order valence-electron chi connectivity index (χ1n) is 8.70. The SMILES string of the molecule is O=C(COC(=O)[C@H]1CCCN1C(=O)c1cccs1)Nc1ncc(C(F)(F)F)cc1Cl. The summed E-state index contributed by atoms with van der Waals surface area (Å²) < 4.78 is 42.9. The summed E-state index contributed by atoms with van der Waals surface area (Å²) in [6.45, 7) is -0.302. The van der Waals surface area contributed by atoms with Crippen molar-refractivity contribution in [3.8, 4) is 0 Å². The lowest BCUT2D eigenvalue weighted by atomic mass is 10.2. The van der Waals surface area contributed by atoms with Crippen molar-refractivity contribution in [2.24, 2.45) is 0 Å². The van der Waals surface area contributed by atoms with Gasteiger partial charge in [-0.15, -0.1) is 11.3 Å². The molecule has 1 N–H and O–H groups in total. The number of rotatable bonds is 5. The number of aromatic nitrogens is 1. The zero-order valence-electron chi connectivity index (χ0n) is 15.2. The van der Waals surface area contributed by atoms with E-state index in [2.05, 4.69) is 10.3 Å². The molecule has 2 aromatic heterocycles. The van der Waals surface area contributed by atoms with Crippen molar-refractivity contribution in [1.29, 1.82) is 0 Å². The van der Waals surface area contributed by atoms with E-state index in [0.29, 0.717) is 36.5 Å². The number of ether oxygens (including phenoxy) is 1. The molecule has 1 atom stereocenters. The Kier molecular flexibility index (Phi) is 6.61. The summed E-state index contributed by atoms with van der Waals surface area (Å²) in [5.41, 5.74) is -1.06. The van der Waals surface area contributed by atoms with Gasteiger partial charge in [0.05, 0.1) is 15.5 Å². The Morgan fingerprint density at radius 2 is 2.13 bits per heavy atom. The van der Waals surface area contributed by atoms with Crippen molar-refractivity contribution in [2.45, 2.75) is 25.1 Å². The molecule has 1 fully saturated rings. The highest BCUT2D eigenvalue weighted by molar-refractivity contribution is 7.12. The Morgan fingerprint density at radius 1 is 1.37 bits per heavy atom. The largest absolute Gasteiger partial charge is 0.454 e. The normalized spacial score (nSPS) is 16.4. The molecule has 7 nitrogen and oxygen atoms in total. The molecule has 3 heterocycles. The van der Waals surface area contributed by atoms with Crippen molar-refractivity contribution in [3.63, 3.8) is 0 Å². The number of amides is 2. The van der Waals surface area contributed by atoms with Gasteiger partial charge >= 0.3 is 12.1 Å². The van der Waals surface area contributed by atoms with Gasteiger partial charge in [-0.3, -0.25) is 9.59 Å². The highest BCUT2D eigenvalue weighted by Gasteiger charge is 2.36. The first-order valence-corrected chi connectivity index (χ1v) is 9.96. The van der Waals surface area contributed by atoms with Crippen LogP contribution in [0.15, 0.2) is 29.8 Å². The van der Waals surface area contributed by atoms with Crippen LogP contribution < -0.4 is 5.32 Å². The molecule has 1 saturated heterocycles. The number of hydrogen-bond donors (Lipinski definition) is 1. The number of carbonyl (C=O) groups is 3. The molecule has 0 radical (unpaired) electrons. The van der Waals surface area contributed by atoms with Gasteiger partial charge in [-0.05, 0) is 30.4 Å². The first-order chi connectivity index (χ1) is 14.2. The van der Waals surface area contributed by atoms with E-state index >= 15 is 0 Å². The second-order valence-electron chi connectivity index (χ2n) is 6.34. The van der Waals surface area contributed by atoms with Gasteiger partial charge in [0.15, 0.2) is 12.4 Å². The quantitative estimate of drug-likeness (QED) is 0.687. The fourth-order valence-corrected chi connectivity index (χ4v) is 3.78. The molecule has 1 aliphatic rings. The van der Waals surface area contributed by atoms with Crippen LogP contribution in [0.1, 0.15) is 28.1 Å². The Bertz CT molecular complexity index is 953. The third-order valence-electron chi connectivity index (χ3n) is 4.29. The van der Waals surface area contributed by atoms with Gasteiger partial charge in [0.25, 0.3) is 11.8 Å². The number of carbonyl (C=O) groups excluding carboxylic acids is 3. The van der Waals surface area contributed by atoms with Gasteiger partial charge in [0.2, 0.25) is 0 Å². The van der Waals surface area contributed by atoms with Gasteiger partial charge in [0.1, 0.15) is 6.04 Å². The summed E-state index contributed by atoms with van der Waals surface area (Å²) in [7, 11) is 0. The molecule has 2 aromatic rings. The van der Waals surface area contributed by atoms with E-state index in [1.54, 1.807) is 17.5 Å². The molecule has 3 rings (SSSR count). The van der Waals surface area contributed by atoms with E-state index in [4.69, 9.17) is 16.3 Å². The maximum absolute atomic E-state index is 12.6. The molecular weight excluding hydrogens is 447 g/mol. The van der Waals surface area contributed by atoms with Crippen LogP contribution in [-0.2, 0) is 20.5 Å². The van der Waals surface area contributed by atoms with Gasteiger partial charge in [0, 0.05) is 12.7 Å². The number of thiophene rings is 1. The molecule has 0 saturated carbocycles. The van der Waals surface area contributed by atoms with Crippen molar-refractivity contribution in [1.82, 2.24) is 9.88 Å². The molecule has 30 heavy (non-hydrogen) atoms. The number of hydrogen-bond acceptors (Lipinski definition) is 6. The minimum atomic E-state index is -4.62. The lowest BCUT2D eigenvalue weighted by Crippen LogP contribution is -2.41. The molecular formula is C18H15ClF3N3O4S. The molecule has 0 unspecified atom stereocenters. The second-order valence-corrected chi connectivity index (χ2v) is 7.70. The monoisotopic (exact) mass is 461 g/mol. The second kappa shape index (κ2) is 9.00. The summed E-state index contributed by atoms with van der Waals surface area (Å²) >= 11 is 6.98. The summed E-state index contributed by atoms with van der Waals surface area (Å²) in [6.07, 6.45) is -3.07. The number of halogens is 4. The number of pyridine rings is 1. The summed E-state index contributed by atoms with van der Waals surface area (Å²) in [5, 5.41) is 3.53. The molecule has 12 heteroatoms. The molecule has 0 aromatic carbocycles. The van der Waals surface area contributed by atoms with Gasteiger partial charge in [-0.25, -0.2) is 9.78 Å². The van der Waals surface area contributed by atoms with Crippen LogP contribution in [-0.4, -0.2) is 46.9 Å². The number of nitrogens with zero attached hydrogens (tertiary/aromatic N) is 2. The predicted molar refractivity (Wildman–Crippen MR) is 102 cm³/mol. The number of alkyl halides is 3. The number of nitrogens with one attached hydrogen (secondary N) is 1. The Morgan fingerprint density at radius 3 is 2.77 bits per heavy atom. The summed E-state index contributed by atoms with van der Waals surface area (Å²) in [5.74, 6) is -2.14. The zero-order valence-corrected chi connectivity index (χ0v) is 16.8. The van der Waals surface area contributed by atoms with E-state index in [9.17, 15) is 27.6 Å². The highest BCUT2D eigenvalue weighted by Crippen LogP contribution is 2.32. The molecule has 2 amide bonds. The average Bonchev–Trinajstić information content (AvgIpc) is 3.38. The molecule has 0 spiro atoms. The molecule has 0 bridgehead atoms. The fourth-order valence-electron chi connectivity index (χ4n) is 2.88. The summed E-state index contributed by atoms with van der Waals surface area (Å²) in [4.78, 5) is 42.2. The Hall–Kier alpha value is -2.66. The average molecular weight is 462 g/mol. The zero-order chi connectivity index (χ0) is 21.9. The van der Waals surface area contributed by atoms with E-state index in [-0.39, 0.29) is 11.7 Å². The van der Waals surface area contributed by atoms with E-state index in [0.717, 1.165) is 0 Å². The van der Waals surface area contributed by atoms with Crippen molar-refractivity contribution in [3.05, 3.63) is 45.2 Å². The smallest absolute Gasteiger partial charge is 0.417 e. The molecule has 0 aliphatic carbocycles. The predicted octanol–water partition coefficient (Wildman–Crippen LogP) is 3.60. The number of likely N-dealkylation sites (tertiary alicyclic amines) is 1. The third-order valence-corrected chi connectivity index (χ3v) is 5.44. The fraction of sp³-hybridized carbons (Fsp3) is 0.333. The van der Waals surface area contributed by atoms with Crippen LogP contribution in [0.4, 0.5) is 19.0 Å². The van der Waals surface area contributed by atoms with Crippen LogP contribution in [0.5, 0.6) is 0 Å². The lowest BCUT2D eigenvalue weighted by molar-refractivity contribution is -0.151. The minimum absolute atomic E-state index is 0.283. The minimum Gasteiger partial charge on any atom is -0.454 e. The van der Waals surface area contributed by atoms with Crippen LogP contribution in [0.3, 0.4) is 0 Å². The highest BCUT2D eigenvalue weighted by atomic mass is 35.5. The first kappa shape index (κ1) is 22.0. The van der Waals surface area contributed by atoms with Crippen molar-refractivity contribution < 1.29 is 32.3 Å². The molecule has 1 aliphatic heterocycles. The summed E-state index contributed by atoms with van der Waals surface area (Å²) in [6, 6.07) is 3.21. The maximum atomic E-state index is 12.6. The number of anilines is 1. The van der Waals surface area contributed by atoms with Crippen LogP contribution >= 0.6 is 22.9 Å². The van der Waals surface area contributed by atoms with Crippen molar-refractivity contribution in [2.75, 3.05) is 18.5 Å². The third kappa shape index (κ3) is 5.08. The lowest BCUT2D eigenvalue weighted by Gasteiger charge is -2.22. The Labute approximate surface area is 177 Å². The van der Waals surface area contributed by atoms with Crippen LogP contribution in [0, 0.1) is 0 Å². The van der Waals surface area contributed by atoms with Gasteiger partial charge in [-0.1, -0.05) is 17.7 Å². The van der Waals surface area contributed by atoms with E-state index < -0.39 is 41.3 Å². The van der Waals surface area contributed by atoms with Gasteiger partial charge < -0.3 is 15.0 Å². The topological polar surface area (TPSA) is 88.6 Å².